The Morgan fingerprint density at radius 1 is 0.707 bits per heavy atom. The molecule has 0 bridgehead atoms. The second kappa shape index (κ2) is 15.3. The highest BCUT2D eigenvalue weighted by Crippen LogP contribution is 2.19. The number of carbonyl (C=O) groups excluding carboxylic acids is 4. The molecule has 0 unspecified atom stereocenters. The minimum Gasteiger partial charge on any atom is -0.467 e. The number of aliphatic hydroxyl groups excluding tert-OH is 1. The number of carbonyl (C=O) groups is 4. The molecule has 3 amide bonds. The lowest BCUT2D eigenvalue weighted by atomic mass is 10.0. The summed E-state index contributed by atoms with van der Waals surface area (Å²) >= 11 is 0. The summed E-state index contributed by atoms with van der Waals surface area (Å²) < 4.78 is 4.78. The van der Waals surface area contributed by atoms with Crippen molar-refractivity contribution in [3.8, 4) is 11.1 Å². The van der Waals surface area contributed by atoms with Crippen LogP contribution in [0.25, 0.3) is 11.1 Å². The summed E-state index contributed by atoms with van der Waals surface area (Å²) in [7, 11) is 1.22. The highest BCUT2D eigenvalue weighted by molar-refractivity contribution is 5.99. The zero-order valence-electron chi connectivity index (χ0n) is 23.5. The molecule has 0 saturated carbocycles. The normalized spacial score (nSPS) is 13.0. The van der Waals surface area contributed by atoms with Crippen molar-refractivity contribution in [1.82, 2.24) is 16.0 Å². The number of nitrogens with one attached hydrogen (secondary N) is 3. The molecular formula is C32H37N3O6. The SMILES string of the molecule is COC(=O)[C@H](CC(C)C)NC(=O)[C@H](CO)NC(=O)[C@H](Cc1ccccc1)NC(=O)c1ccc(-c2ccccc2)cc1. The number of rotatable bonds is 13. The van der Waals surface area contributed by atoms with E-state index in [1.807, 2.05) is 86.6 Å². The molecule has 0 aliphatic carbocycles. The van der Waals surface area contributed by atoms with Crippen LogP contribution in [0.5, 0.6) is 0 Å². The maximum atomic E-state index is 13.4. The predicted octanol–water partition coefficient (Wildman–Crippen LogP) is 2.88. The first-order chi connectivity index (χ1) is 19.7. The monoisotopic (exact) mass is 559 g/mol. The summed E-state index contributed by atoms with van der Waals surface area (Å²) in [5.41, 5.74) is 3.11. The highest BCUT2D eigenvalue weighted by Gasteiger charge is 2.30. The fraction of sp³-hybridized carbons (Fsp3) is 0.312. The van der Waals surface area contributed by atoms with Gasteiger partial charge in [-0.15, -0.1) is 0 Å². The Balaban J connectivity index is 1.75. The van der Waals surface area contributed by atoms with Crippen LogP contribution in [0.2, 0.25) is 0 Å². The lowest BCUT2D eigenvalue weighted by molar-refractivity contribution is -0.146. The second-order valence-electron chi connectivity index (χ2n) is 10.1. The van der Waals surface area contributed by atoms with Gasteiger partial charge in [-0.2, -0.15) is 0 Å². The Kier molecular flexibility index (Phi) is 11.6. The summed E-state index contributed by atoms with van der Waals surface area (Å²) in [6, 6.07) is 22.6. The van der Waals surface area contributed by atoms with E-state index in [1.54, 1.807) is 12.1 Å². The summed E-state index contributed by atoms with van der Waals surface area (Å²) in [6.07, 6.45) is 0.471. The van der Waals surface area contributed by atoms with Crippen molar-refractivity contribution < 1.29 is 29.0 Å². The smallest absolute Gasteiger partial charge is 0.328 e. The van der Waals surface area contributed by atoms with Crippen LogP contribution in [0.4, 0.5) is 0 Å². The van der Waals surface area contributed by atoms with E-state index in [1.165, 1.54) is 7.11 Å². The summed E-state index contributed by atoms with van der Waals surface area (Å²) in [5.74, 6) is -2.40. The molecular weight excluding hydrogens is 522 g/mol. The standard InChI is InChI=1S/C32H37N3O6/c1-21(2)18-27(32(40)41-3)34-31(39)28(20-36)35-30(38)26(19-22-10-6-4-7-11-22)33-29(37)25-16-14-24(15-17-25)23-12-8-5-9-13-23/h4-17,21,26-28,36H,18-20H2,1-3H3,(H,33,37)(H,34,39)(H,35,38)/t26-,27-,28-/m0/s1. The molecule has 0 saturated heterocycles. The number of amides is 3. The van der Waals surface area contributed by atoms with Crippen molar-refractivity contribution in [2.75, 3.05) is 13.7 Å². The lowest BCUT2D eigenvalue weighted by Gasteiger charge is -2.24. The van der Waals surface area contributed by atoms with Gasteiger partial charge in [0, 0.05) is 12.0 Å². The number of ether oxygens (including phenoxy) is 1. The zero-order chi connectivity index (χ0) is 29.8. The van der Waals surface area contributed by atoms with Crippen molar-refractivity contribution in [2.24, 2.45) is 5.92 Å². The van der Waals surface area contributed by atoms with Crippen molar-refractivity contribution in [2.45, 2.75) is 44.8 Å². The van der Waals surface area contributed by atoms with Crippen molar-refractivity contribution in [1.29, 1.82) is 0 Å². The van der Waals surface area contributed by atoms with E-state index in [-0.39, 0.29) is 12.3 Å². The second-order valence-corrected chi connectivity index (χ2v) is 10.1. The van der Waals surface area contributed by atoms with Crippen LogP contribution in [-0.2, 0) is 25.5 Å². The molecule has 216 valence electrons. The van der Waals surface area contributed by atoms with Crippen LogP contribution >= 0.6 is 0 Å². The highest BCUT2D eigenvalue weighted by atomic mass is 16.5. The quantitative estimate of drug-likeness (QED) is 0.238. The number of hydrogen-bond acceptors (Lipinski definition) is 6. The number of aliphatic hydroxyl groups is 1. The fourth-order valence-corrected chi connectivity index (χ4v) is 4.31. The third kappa shape index (κ3) is 9.29. The predicted molar refractivity (Wildman–Crippen MR) is 156 cm³/mol. The van der Waals surface area contributed by atoms with E-state index in [9.17, 15) is 24.3 Å². The van der Waals surface area contributed by atoms with E-state index in [4.69, 9.17) is 4.74 Å². The van der Waals surface area contributed by atoms with Gasteiger partial charge in [-0.25, -0.2) is 4.79 Å². The van der Waals surface area contributed by atoms with E-state index in [2.05, 4.69) is 16.0 Å². The maximum Gasteiger partial charge on any atom is 0.328 e. The third-order valence-electron chi connectivity index (χ3n) is 6.48. The van der Waals surface area contributed by atoms with Crippen LogP contribution in [0.3, 0.4) is 0 Å². The lowest BCUT2D eigenvalue weighted by Crippen LogP contribution is -2.57. The summed E-state index contributed by atoms with van der Waals surface area (Å²) in [5, 5.41) is 17.7. The Morgan fingerprint density at radius 2 is 1.24 bits per heavy atom. The molecule has 9 nitrogen and oxygen atoms in total. The number of esters is 1. The molecule has 3 rings (SSSR count). The van der Waals surface area contributed by atoms with Gasteiger partial charge in [0.05, 0.1) is 13.7 Å². The molecule has 0 fully saturated rings. The van der Waals surface area contributed by atoms with Gasteiger partial charge < -0.3 is 25.8 Å². The van der Waals surface area contributed by atoms with Crippen LogP contribution in [0, 0.1) is 5.92 Å². The Hall–Kier alpha value is -4.50. The van der Waals surface area contributed by atoms with Gasteiger partial charge >= 0.3 is 5.97 Å². The third-order valence-corrected chi connectivity index (χ3v) is 6.48. The fourth-order valence-electron chi connectivity index (χ4n) is 4.31. The van der Waals surface area contributed by atoms with Crippen molar-refractivity contribution in [3.05, 3.63) is 96.1 Å². The largest absolute Gasteiger partial charge is 0.467 e. The Labute approximate surface area is 240 Å². The van der Waals surface area contributed by atoms with Gasteiger partial charge in [0.15, 0.2) is 0 Å². The summed E-state index contributed by atoms with van der Waals surface area (Å²) in [6.45, 7) is 3.07. The van der Waals surface area contributed by atoms with Crippen LogP contribution < -0.4 is 16.0 Å². The molecule has 3 aromatic rings. The first-order valence-corrected chi connectivity index (χ1v) is 13.5. The molecule has 9 heteroatoms. The van der Waals surface area contributed by atoms with Crippen LogP contribution in [0.1, 0.15) is 36.2 Å². The molecule has 0 aliphatic heterocycles. The van der Waals surface area contributed by atoms with Gasteiger partial charge in [0.25, 0.3) is 5.91 Å². The molecule has 3 aromatic carbocycles. The van der Waals surface area contributed by atoms with E-state index in [0.29, 0.717) is 12.0 Å². The molecule has 41 heavy (non-hydrogen) atoms. The number of benzene rings is 3. The number of hydrogen-bond donors (Lipinski definition) is 4. The summed E-state index contributed by atoms with van der Waals surface area (Å²) in [4.78, 5) is 51.6. The maximum absolute atomic E-state index is 13.4. The molecule has 0 radical (unpaired) electrons. The van der Waals surface area contributed by atoms with Gasteiger partial charge in [-0.1, -0.05) is 86.6 Å². The van der Waals surface area contributed by atoms with Crippen molar-refractivity contribution >= 4 is 23.7 Å². The zero-order valence-corrected chi connectivity index (χ0v) is 23.5. The molecule has 0 spiro atoms. The first-order valence-electron chi connectivity index (χ1n) is 13.5. The van der Waals surface area contributed by atoms with Crippen LogP contribution in [0.15, 0.2) is 84.9 Å². The molecule has 0 aromatic heterocycles. The molecule has 0 aliphatic rings. The molecule has 3 atom stereocenters. The Morgan fingerprint density at radius 3 is 1.80 bits per heavy atom. The first kappa shape index (κ1) is 31.0. The number of methoxy groups -OCH3 is 1. The van der Waals surface area contributed by atoms with E-state index in [0.717, 1.165) is 16.7 Å². The average molecular weight is 560 g/mol. The van der Waals surface area contributed by atoms with Gasteiger partial charge in [-0.3, -0.25) is 14.4 Å². The minimum absolute atomic E-state index is 0.0776. The van der Waals surface area contributed by atoms with Gasteiger partial charge in [-0.05, 0) is 41.2 Å². The van der Waals surface area contributed by atoms with Gasteiger partial charge in [0.2, 0.25) is 11.8 Å². The van der Waals surface area contributed by atoms with E-state index < -0.39 is 48.4 Å². The molecule has 0 heterocycles. The van der Waals surface area contributed by atoms with Crippen LogP contribution in [-0.4, -0.2) is 60.6 Å². The Bertz CT molecular complexity index is 1300. The average Bonchev–Trinajstić information content (AvgIpc) is 2.99. The minimum atomic E-state index is -1.35. The van der Waals surface area contributed by atoms with Gasteiger partial charge in [0.1, 0.15) is 18.1 Å². The van der Waals surface area contributed by atoms with Crippen molar-refractivity contribution in [3.63, 3.8) is 0 Å². The van der Waals surface area contributed by atoms with E-state index >= 15 is 0 Å². The topological polar surface area (TPSA) is 134 Å². The molecule has 4 N–H and O–H groups in total.